The summed E-state index contributed by atoms with van der Waals surface area (Å²) in [7, 11) is 0. The molecule has 0 heterocycles. The average molecular weight is 547 g/mol. The number of rotatable bonds is 8. The van der Waals surface area contributed by atoms with E-state index >= 15 is 0 Å². The van der Waals surface area contributed by atoms with Crippen LogP contribution in [0.25, 0.3) is 0 Å². The Morgan fingerprint density at radius 3 is 1.13 bits per heavy atom. The van der Waals surface area contributed by atoms with Crippen LogP contribution >= 0.6 is 0 Å². The van der Waals surface area contributed by atoms with Gasteiger partial charge in [-0.1, -0.05) is 76.9 Å². The molecular formula is C31H50N2O6. The van der Waals surface area contributed by atoms with E-state index in [2.05, 4.69) is 41.5 Å². The standard InChI is InChI=1S/C31H50N2O6/c1-20-15-22(26(24(17-20)28(3,4)5)36-32(34)38-30(9,10)11)19-23-16-21(2)18-25(29(6,7)8)27(23)37-33(35)39-31(12,13)14/h15-18,32-33H,19H2,1-14H3. The maximum absolute atomic E-state index is 12.9. The first-order chi connectivity index (χ1) is 17.5. The largest absolute Gasteiger partial charge is 0.556 e. The zero-order valence-electron chi connectivity index (χ0n) is 26.5. The van der Waals surface area contributed by atoms with E-state index in [1.54, 1.807) is 41.5 Å². The van der Waals surface area contributed by atoms with Crippen LogP contribution in [0.3, 0.4) is 0 Å². The summed E-state index contributed by atoms with van der Waals surface area (Å²) in [6.45, 7) is 27.3. The molecule has 220 valence electrons. The number of nitrogens with one attached hydrogen (secondary N) is 2. The van der Waals surface area contributed by atoms with Gasteiger partial charge in [0.25, 0.3) is 0 Å². The van der Waals surface area contributed by atoms with Crippen molar-refractivity contribution in [1.82, 2.24) is 0 Å². The molecule has 2 N–H and O–H groups in total. The summed E-state index contributed by atoms with van der Waals surface area (Å²) in [6.07, 6.45) is 0.367. The Hall–Kier alpha value is -2.20. The van der Waals surface area contributed by atoms with Crippen molar-refractivity contribution in [3.8, 4) is 11.5 Å². The molecule has 2 atom stereocenters. The van der Waals surface area contributed by atoms with Gasteiger partial charge in [0.1, 0.15) is 11.2 Å². The molecule has 2 unspecified atom stereocenters. The van der Waals surface area contributed by atoms with E-state index < -0.39 is 22.0 Å². The lowest BCUT2D eigenvalue weighted by molar-refractivity contribution is -1.19. The lowest BCUT2D eigenvalue weighted by Gasteiger charge is -2.31. The molecule has 0 saturated carbocycles. The van der Waals surface area contributed by atoms with Gasteiger partial charge in [-0.15, -0.1) is 0 Å². The second-order valence-electron chi connectivity index (χ2n) is 14.4. The molecule has 0 aliphatic carbocycles. The quantitative estimate of drug-likeness (QED) is 0.437. The lowest BCUT2D eigenvalue weighted by Crippen LogP contribution is -3.09. The van der Waals surface area contributed by atoms with Crippen molar-refractivity contribution in [2.45, 2.75) is 125 Å². The maximum atomic E-state index is 12.9. The first kappa shape index (κ1) is 33.0. The fourth-order valence-electron chi connectivity index (χ4n) is 4.23. The molecule has 2 aromatic rings. The molecule has 2 aromatic carbocycles. The van der Waals surface area contributed by atoms with Crippen molar-refractivity contribution < 1.29 is 30.1 Å². The highest BCUT2D eigenvalue weighted by atomic mass is 17.1. The van der Waals surface area contributed by atoms with Crippen molar-refractivity contribution in [3.63, 3.8) is 0 Å². The van der Waals surface area contributed by atoms with E-state index in [9.17, 15) is 10.4 Å². The third-order valence-corrected chi connectivity index (χ3v) is 5.77. The van der Waals surface area contributed by atoms with Gasteiger partial charge in [0.05, 0.1) is 0 Å². The van der Waals surface area contributed by atoms with Gasteiger partial charge in [-0.05, 0) is 77.0 Å². The summed E-state index contributed by atoms with van der Waals surface area (Å²) >= 11 is 0. The second-order valence-corrected chi connectivity index (χ2v) is 14.4. The second kappa shape index (κ2) is 11.7. The van der Waals surface area contributed by atoms with E-state index in [1.807, 2.05) is 38.1 Å². The van der Waals surface area contributed by atoms with Crippen LogP contribution in [0.5, 0.6) is 11.5 Å². The predicted octanol–water partition coefficient (Wildman–Crippen LogP) is 5.30. The van der Waals surface area contributed by atoms with Gasteiger partial charge in [0.15, 0.2) is 0 Å². The van der Waals surface area contributed by atoms with Gasteiger partial charge >= 0.3 is 0 Å². The van der Waals surface area contributed by atoms with Crippen molar-refractivity contribution >= 4 is 0 Å². The average Bonchev–Trinajstić information content (AvgIpc) is 2.67. The van der Waals surface area contributed by atoms with E-state index in [1.165, 1.54) is 0 Å². The highest BCUT2D eigenvalue weighted by molar-refractivity contribution is 5.54. The van der Waals surface area contributed by atoms with Gasteiger partial charge in [0.2, 0.25) is 11.5 Å². The molecule has 2 rings (SSSR count). The highest BCUT2D eigenvalue weighted by Gasteiger charge is 2.30. The Labute approximate surface area is 235 Å². The zero-order chi connectivity index (χ0) is 30.1. The van der Waals surface area contributed by atoms with E-state index in [-0.39, 0.29) is 10.8 Å². The van der Waals surface area contributed by atoms with Gasteiger partial charge < -0.3 is 10.4 Å². The molecule has 39 heavy (non-hydrogen) atoms. The van der Waals surface area contributed by atoms with Crippen LogP contribution in [0, 0.1) is 24.3 Å². The molecule has 0 saturated heterocycles. The summed E-state index contributed by atoms with van der Waals surface area (Å²) in [4.78, 5) is 22.9. The monoisotopic (exact) mass is 546 g/mol. The molecule has 0 spiro atoms. The summed E-state index contributed by atoms with van der Waals surface area (Å²) in [5, 5.41) is 24.2. The van der Waals surface area contributed by atoms with Crippen LogP contribution in [0.15, 0.2) is 24.3 Å². The molecule has 0 bridgehead atoms. The fraction of sp³-hybridized carbons (Fsp3) is 0.613. The first-order valence-corrected chi connectivity index (χ1v) is 13.6. The van der Waals surface area contributed by atoms with Crippen LogP contribution in [0.1, 0.15) is 116 Å². The number of benzene rings is 2. The predicted molar refractivity (Wildman–Crippen MR) is 154 cm³/mol. The Balaban J connectivity index is 2.73. The normalized spacial score (nSPS) is 14.8. The molecular weight excluding hydrogens is 496 g/mol. The molecule has 0 aromatic heterocycles. The topological polar surface area (TPSA) is 91.9 Å². The Kier molecular flexibility index (Phi) is 9.93. The third-order valence-electron chi connectivity index (χ3n) is 5.77. The SMILES string of the molecule is Cc1cc(Cc2cc(C)cc(C(C)(C)C)c2O[NH+]([O-])OC(C)(C)C)c(O[NH+]([O-])OC(C)(C)C)c(C(C)(C)C)c1. The minimum atomic E-state index is -0.761. The molecule has 0 radical (unpaired) electrons. The molecule has 0 amide bonds. The van der Waals surface area contributed by atoms with E-state index in [4.69, 9.17) is 19.4 Å². The van der Waals surface area contributed by atoms with Crippen molar-refractivity contribution in [2.24, 2.45) is 0 Å². The minimum Gasteiger partial charge on any atom is -0.556 e. The lowest BCUT2D eigenvalue weighted by atomic mass is 9.81. The van der Waals surface area contributed by atoms with Crippen LogP contribution in [0.2, 0.25) is 0 Å². The van der Waals surface area contributed by atoms with Crippen molar-refractivity contribution in [1.29, 1.82) is 0 Å². The summed E-state index contributed by atoms with van der Waals surface area (Å²) < 4.78 is 0. The Morgan fingerprint density at radius 1 is 0.564 bits per heavy atom. The van der Waals surface area contributed by atoms with Crippen molar-refractivity contribution in [3.05, 3.63) is 68.1 Å². The van der Waals surface area contributed by atoms with Gasteiger partial charge in [-0.2, -0.15) is 9.68 Å². The maximum Gasteiger partial charge on any atom is 0.202 e. The first-order valence-electron chi connectivity index (χ1n) is 13.6. The summed E-state index contributed by atoms with van der Waals surface area (Å²) in [5.41, 5.74) is 3.43. The van der Waals surface area contributed by atoms with Crippen LogP contribution in [-0.2, 0) is 26.9 Å². The number of hydrogen-bond acceptors (Lipinski definition) is 6. The molecule has 0 aliphatic rings. The fourth-order valence-corrected chi connectivity index (χ4v) is 4.23. The summed E-state index contributed by atoms with van der Waals surface area (Å²) in [6, 6.07) is 8.09. The Morgan fingerprint density at radius 2 is 0.872 bits per heavy atom. The minimum absolute atomic E-state index is 0.308. The van der Waals surface area contributed by atoms with Crippen LogP contribution in [0.4, 0.5) is 0 Å². The van der Waals surface area contributed by atoms with Crippen LogP contribution in [-0.4, -0.2) is 11.2 Å². The molecule has 0 aliphatic heterocycles. The highest BCUT2D eigenvalue weighted by Crippen LogP contribution is 2.40. The van der Waals surface area contributed by atoms with Crippen molar-refractivity contribution in [2.75, 3.05) is 0 Å². The van der Waals surface area contributed by atoms with Crippen LogP contribution < -0.4 is 20.5 Å². The Bertz CT molecular complexity index is 1040. The smallest absolute Gasteiger partial charge is 0.202 e. The third kappa shape index (κ3) is 10.0. The van der Waals surface area contributed by atoms with Gasteiger partial charge in [0, 0.05) is 28.7 Å². The van der Waals surface area contributed by atoms with Gasteiger partial charge in [-0.3, -0.25) is 9.68 Å². The van der Waals surface area contributed by atoms with E-state index in [0.29, 0.717) is 17.9 Å². The molecule has 8 heteroatoms. The molecule has 8 nitrogen and oxygen atoms in total. The number of aryl methyl sites for hydroxylation is 2. The zero-order valence-corrected chi connectivity index (χ0v) is 26.5. The summed E-state index contributed by atoms with van der Waals surface area (Å²) in [5.74, 6) is 0.925. The van der Waals surface area contributed by atoms with E-state index in [0.717, 1.165) is 33.4 Å². The number of hydrogen-bond donors (Lipinski definition) is 2. The number of quaternary nitrogens is 2. The molecule has 0 fully saturated rings. The van der Waals surface area contributed by atoms with Gasteiger partial charge in [-0.25, -0.2) is 0 Å².